The molecule has 2 aromatic carbocycles. The number of benzene rings is 2. The molecule has 2 saturated heterocycles. The molecule has 0 radical (unpaired) electrons. The molecule has 2 fully saturated rings. The van der Waals surface area contributed by atoms with Crippen molar-refractivity contribution < 1.29 is 56.4 Å². The standard InChI is InChI=1S/2C29H37F2NO4S/c2*1-21(10-5-3-6-11-22-12-7-4-8-13-22)25(33)17-15-23-20-29(30,31)28(35)32(23)19-9-14-24-16-18-26(37-24)27(34)36-2/h2*4,7-8,12-13,15-18,21,23,25,33H,3,5-6,9-11,14,19-20H2,1-2H3/b2*17-15+/t21-,23-,25+;21-,23-,25-/m00/s1. The smallest absolute Gasteiger partial charge is 0.348 e. The lowest BCUT2D eigenvalue weighted by atomic mass is 9.95. The fourth-order valence-electron chi connectivity index (χ4n) is 9.25. The van der Waals surface area contributed by atoms with Gasteiger partial charge in [-0.3, -0.25) is 9.59 Å². The number of halogens is 4. The van der Waals surface area contributed by atoms with E-state index in [1.54, 1.807) is 36.4 Å². The van der Waals surface area contributed by atoms with Crippen LogP contribution in [0.15, 0.2) is 109 Å². The number of carbonyl (C=O) groups excluding carboxylic acids is 4. The lowest BCUT2D eigenvalue weighted by Gasteiger charge is -2.22. The predicted octanol–water partition coefficient (Wildman–Crippen LogP) is 12.1. The van der Waals surface area contributed by atoms with Crippen LogP contribution in [-0.4, -0.2) is 107 Å². The van der Waals surface area contributed by atoms with E-state index in [0.717, 1.165) is 74.0 Å². The number of carbonyl (C=O) groups is 4. The number of hydrogen-bond donors (Lipinski definition) is 2. The number of aryl methyl sites for hydroxylation is 4. The van der Waals surface area contributed by atoms with Gasteiger partial charge < -0.3 is 29.5 Å². The maximum absolute atomic E-state index is 14.2. The second-order valence-corrected chi connectivity index (χ2v) is 21.9. The molecule has 2 amide bonds. The number of unbranched alkanes of at least 4 members (excludes halogenated alkanes) is 4. The molecule has 0 spiro atoms. The zero-order valence-corrected chi connectivity index (χ0v) is 44.8. The van der Waals surface area contributed by atoms with Crippen molar-refractivity contribution in [2.24, 2.45) is 11.8 Å². The third-order valence-corrected chi connectivity index (χ3v) is 16.0. The molecule has 6 rings (SSSR count). The number of aliphatic hydroxyl groups excluding tert-OH is 2. The first-order valence-electron chi connectivity index (χ1n) is 25.9. The molecule has 4 heterocycles. The van der Waals surface area contributed by atoms with Gasteiger partial charge in [-0.1, -0.05) is 124 Å². The molecule has 0 unspecified atom stereocenters. The Morgan fingerprint density at radius 1 is 0.581 bits per heavy atom. The SMILES string of the molecule is COC(=O)c1ccc(CCCN2C(=O)C(F)(F)C[C@@H]2/C=C/[C@@H](O)[C@@H](C)CCCCCc2ccccc2)s1.COC(=O)c1ccc(CCCN2C(=O)C(F)(F)C[C@@H]2/C=C/[C@H](O)[C@@H](C)CCCCCc2ccccc2)s1. The number of rotatable bonds is 28. The van der Waals surface area contributed by atoms with E-state index in [-0.39, 0.29) is 24.9 Å². The van der Waals surface area contributed by atoms with Crippen LogP contribution >= 0.6 is 22.7 Å². The van der Waals surface area contributed by atoms with E-state index >= 15 is 0 Å². The van der Waals surface area contributed by atoms with E-state index in [0.29, 0.717) is 35.4 Å². The number of methoxy groups -OCH3 is 2. The summed E-state index contributed by atoms with van der Waals surface area (Å²) >= 11 is 2.60. The van der Waals surface area contributed by atoms with Crippen LogP contribution < -0.4 is 0 Å². The fourth-order valence-corrected chi connectivity index (χ4v) is 11.2. The Balaban J connectivity index is 0.000000274. The summed E-state index contributed by atoms with van der Waals surface area (Å²) in [4.78, 5) is 53.1. The van der Waals surface area contributed by atoms with E-state index in [1.165, 1.54) is 57.8 Å². The molecule has 2 aromatic heterocycles. The van der Waals surface area contributed by atoms with Crippen LogP contribution in [0.1, 0.15) is 131 Å². The van der Waals surface area contributed by atoms with Crippen LogP contribution in [0.5, 0.6) is 0 Å². The van der Waals surface area contributed by atoms with E-state index in [1.807, 2.05) is 62.4 Å². The molecule has 2 aliphatic rings. The Morgan fingerprint density at radius 2 is 0.959 bits per heavy atom. The van der Waals surface area contributed by atoms with Crippen molar-refractivity contribution in [3.63, 3.8) is 0 Å². The van der Waals surface area contributed by atoms with Crippen molar-refractivity contribution in [2.45, 2.75) is 153 Å². The highest BCUT2D eigenvalue weighted by atomic mass is 32.1. The van der Waals surface area contributed by atoms with Gasteiger partial charge in [0.05, 0.1) is 38.5 Å². The second kappa shape index (κ2) is 29.8. The molecule has 0 bridgehead atoms. The molecule has 4 aromatic rings. The highest BCUT2D eigenvalue weighted by Crippen LogP contribution is 2.36. The van der Waals surface area contributed by atoms with Gasteiger partial charge in [-0.25, -0.2) is 9.59 Å². The van der Waals surface area contributed by atoms with Crippen molar-refractivity contribution >= 4 is 46.4 Å². The minimum absolute atomic E-state index is 0.00174. The Bertz CT molecular complexity index is 2240. The summed E-state index contributed by atoms with van der Waals surface area (Å²) in [5.41, 5.74) is 2.65. The van der Waals surface area contributed by atoms with Gasteiger partial charge in [0.15, 0.2) is 0 Å². The number of amides is 2. The highest BCUT2D eigenvalue weighted by molar-refractivity contribution is 7.14. The van der Waals surface area contributed by atoms with Crippen LogP contribution in [0.4, 0.5) is 17.6 Å². The molecule has 2 aliphatic heterocycles. The van der Waals surface area contributed by atoms with Gasteiger partial charge in [0.1, 0.15) is 9.75 Å². The van der Waals surface area contributed by atoms with E-state index < -0.39 is 72.7 Å². The van der Waals surface area contributed by atoms with E-state index in [2.05, 4.69) is 24.3 Å². The van der Waals surface area contributed by atoms with Crippen LogP contribution in [0.2, 0.25) is 0 Å². The first kappa shape index (κ1) is 59.7. The molecule has 0 saturated carbocycles. The maximum atomic E-state index is 14.2. The second-order valence-electron chi connectivity index (χ2n) is 19.5. The number of ether oxygens (including phenoxy) is 2. The number of aliphatic hydroxyl groups is 2. The summed E-state index contributed by atoms with van der Waals surface area (Å²) in [6, 6.07) is 26.2. The summed E-state index contributed by atoms with van der Waals surface area (Å²) in [5.74, 6) is -9.93. The van der Waals surface area contributed by atoms with Crippen molar-refractivity contribution in [2.75, 3.05) is 27.3 Å². The normalized spacial score (nSPS) is 18.9. The molecular formula is C58H74F4N2O8S2. The number of nitrogens with zero attached hydrogens (tertiary/aromatic N) is 2. The Morgan fingerprint density at radius 3 is 1.32 bits per heavy atom. The van der Waals surface area contributed by atoms with E-state index in [4.69, 9.17) is 9.47 Å². The number of likely N-dealkylation sites (tertiary alicyclic amines) is 2. The third kappa shape index (κ3) is 18.6. The summed E-state index contributed by atoms with van der Waals surface area (Å²) in [6.07, 6.45) is 15.8. The first-order valence-corrected chi connectivity index (χ1v) is 27.6. The molecule has 2 N–H and O–H groups in total. The molecule has 10 nitrogen and oxygen atoms in total. The maximum Gasteiger partial charge on any atom is 0.348 e. The van der Waals surface area contributed by atoms with Crippen LogP contribution in [0.25, 0.3) is 0 Å². The van der Waals surface area contributed by atoms with Gasteiger partial charge in [-0.2, -0.15) is 17.6 Å². The topological polar surface area (TPSA) is 134 Å². The summed E-state index contributed by atoms with van der Waals surface area (Å²) in [6.45, 7) is 4.29. The molecule has 74 heavy (non-hydrogen) atoms. The monoisotopic (exact) mass is 1070 g/mol. The van der Waals surface area contributed by atoms with Crippen LogP contribution in [0, 0.1) is 11.8 Å². The third-order valence-electron chi connectivity index (χ3n) is 13.8. The van der Waals surface area contributed by atoms with Gasteiger partial charge in [-0.05, 0) is 111 Å². The molecule has 16 heteroatoms. The average molecular weight is 1070 g/mol. The lowest BCUT2D eigenvalue weighted by Crippen LogP contribution is -2.36. The molecular weight excluding hydrogens is 993 g/mol. The van der Waals surface area contributed by atoms with Crippen LogP contribution in [-0.2, 0) is 44.7 Å². The van der Waals surface area contributed by atoms with Gasteiger partial charge in [-0.15, -0.1) is 22.7 Å². The Kier molecular flexibility index (Phi) is 24.1. The predicted molar refractivity (Wildman–Crippen MR) is 284 cm³/mol. The van der Waals surface area contributed by atoms with Crippen molar-refractivity contribution in [1.29, 1.82) is 0 Å². The van der Waals surface area contributed by atoms with Gasteiger partial charge in [0, 0.05) is 35.7 Å². The van der Waals surface area contributed by atoms with Crippen molar-refractivity contribution in [3.8, 4) is 0 Å². The molecule has 6 atom stereocenters. The number of alkyl halides is 4. The summed E-state index contributed by atoms with van der Waals surface area (Å²) < 4.78 is 66.3. The zero-order valence-electron chi connectivity index (χ0n) is 43.2. The lowest BCUT2D eigenvalue weighted by molar-refractivity contribution is -0.148. The highest BCUT2D eigenvalue weighted by Gasteiger charge is 2.53. The van der Waals surface area contributed by atoms with Crippen molar-refractivity contribution in [3.05, 3.63) is 140 Å². The summed E-state index contributed by atoms with van der Waals surface area (Å²) in [7, 11) is 2.64. The van der Waals surface area contributed by atoms with Crippen LogP contribution in [0.3, 0.4) is 0 Å². The average Bonchev–Trinajstić information content (AvgIpc) is 4.17. The minimum atomic E-state index is -3.40. The largest absolute Gasteiger partial charge is 0.465 e. The molecule has 404 valence electrons. The van der Waals surface area contributed by atoms with Gasteiger partial charge in [0.2, 0.25) is 0 Å². The number of thiophene rings is 2. The number of hydrogen-bond acceptors (Lipinski definition) is 10. The first-order chi connectivity index (χ1) is 35.4. The van der Waals surface area contributed by atoms with Gasteiger partial charge in [0.25, 0.3) is 11.8 Å². The Hall–Kier alpha value is -5.16. The fraction of sp³-hybridized carbons (Fsp3) is 0.517. The Labute approximate surface area is 442 Å². The van der Waals surface area contributed by atoms with Crippen molar-refractivity contribution in [1.82, 2.24) is 9.80 Å². The minimum Gasteiger partial charge on any atom is -0.465 e. The number of esters is 2. The zero-order chi connectivity index (χ0) is 53.7. The summed E-state index contributed by atoms with van der Waals surface area (Å²) in [5, 5.41) is 21.1. The van der Waals surface area contributed by atoms with E-state index in [9.17, 15) is 47.0 Å². The molecule has 0 aliphatic carbocycles. The van der Waals surface area contributed by atoms with Gasteiger partial charge >= 0.3 is 23.8 Å². The quantitative estimate of drug-likeness (QED) is 0.0249.